The van der Waals surface area contributed by atoms with E-state index in [9.17, 15) is 9.18 Å². The largest absolute Gasteiger partial charge is 0.459 e. The lowest BCUT2D eigenvalue weighted by atomic mass is 10.1. The van der Waals surface area contributed by atoms with Gasteiger partial charge in [-0.25, -0.2) is 4.39 Å². The molecular formula is C24H21FN4O2. The molecule has 5 rings (SSSR count). The van der Waals surface area contributed by atoms with Crippen molar-refractivity contribution in [2.45, 2.75) is 32.2 Å². The Morgan fingerprint density at radius 1 is 1.00 bits per heavy atom. The van der Waals surface area contributed by atoms with E-state index in [1.165, 1.54) is 12.3 Å². The summed E-state index contributed by atoms with van der Waals surface area (Å²) in [6.45, 7) is 0.837. The summed E-state index contributed by atoms with van der Waals surface area (Å²) in [6, 6.07) is 15.8. The highest BCUT2D eigenvalue weighted by Crippen LogP contribution is 2.29. The Hall–Kier alpha value is -3.74. The maximum absolute atomic E-state index is 14.6. The fourth-order valence-corrected chi connectivity index (χ4v) is 3.97. The highest BCUT2D eigenvalue weighted by molar-refractivity contribution is 6.06. The summed E-state index contributed by atoms with van der Waals surface area (Å²) in [5, 5.41) is 11.3. The number of furan rings is 1. The molecule has 1 N–H and O–H groups in total. The van der Waals surface area contributed by atoms with Crippen LogP contribution in [0.4, 0.5) is 10.1 Å². The van der Waals surface area contributed by atoms with Crippen molar-refractivity contribution < 1.29 is 13.6 Å². The zero-order valence-electron chi connectivity index (χ0n) is 16.8. The smallest absolute Gasteiger partial charge is 0.292 e. The topological polar surface area (TPSA) is 73.0 Å². The minimum absolute atomic E-state index is 0.0730. The lowest BCUT2D eigenvalue weighted by molar-refractivity contribution is 0.0997. The zero-order chi connectivity index (χ0) is 21.2. The SMILES string of the molecule is O=C(Nc1cc(-c2nnc3n2CCCCC3)ccc1F)c1occc1-c1ccccc1. The Kier molecular flexibility index (Phi) is 5.08. The molecule has 0 atom stereocenters. The number of hydrogen-bond acceptors (Lipinski definition) is 4. The van der Waals surface area contributed by atoms with Crippen LogP contribution in [0, 0.1) is 5.82 Å². The van der Waals surface area contributed by atoms with Gasteiger partial charge in [-0.2, -0.15) is 0 Å². The molecule has 6 nitrogen and oxygen atoms in total. The number of amides is 1. The third-order valence-corrected chi connectivity index (χ3v) is 5.54. The van der Waals surface area contributed by atoms with Crippen LogP contribution in [-0.2, 0) is 13.0 Å². The van der Waals surface area contributed by atoms with Gasteiger partial charge in [-0.15, -0.1) is 10.2 Å². The zero-order valence-corrected chi connectivity index (χ0v) is 16.8. The predicted molar refractivity (Wildman–Crippen MR) is 115 cm³/mol. The molecule has 0 bridgehead atoms. The first-order chi connectivity index (χ1) is 15.2. The van der Waals surface area contributed by atoms with E-state index in [1.807, 2.05) is 30.3 Å². The molecule has 7 heteroatoms. The average Bonchev–Trinajstić information content (AvgIpc) is 3.38. The second-order valence-electron chi connectivity index (χ2n) is 7.58. The Morgan fingerprint density at radius 2 is 1.87 bits per heavy atom. The van der Waals surface area contributed by atoms with Gasteiger partial charge >= 0.3 is 0 Å². The average molecular weight is 416 g/mol. The molecule has 1 amide bonds. The number of nitrogens with one attached hydrogen (secondary N) is 1. The maximum atomic E-state index is 14.6. The van der Waals surface area contributed by atoms with E-state index >= 15 is 0 Å². The number of carbonyl (C=O) groups excluding carboxylic acids is 1. The van der Waals surface area contributed by atoms with Crippen molar-refractivity contribution in [1.29, 1.82) is 0 Å². The van der Waals surface area contributed by atoms with Crippen molar-refractivity contribution in [3.05, 3.63) is 78.3 Å². The van der Waals surface area contributed by atoms with Crippen molar-refractivity contribution in [3.8, 4) is 22.5 Å². The number of rotatable bonds is 4. The van der Waals surface area contributed by atoms with Crippen molar-refractivity contribution >= 4 is 11.6 Å². The molecule has 0 saturated carbocycles. The van der Waals surface area contributed by atoms with Gasteiger partial charge in [0.05, 0.1) is 12.0 Å². The molecule has 4 aromatic rings. The van der Waals surface area contributed by atoms with E-state index < -0.39 is 11.7 Å². The molecule has 1 aliphatic rings. The van der Waals surface area contributed by atoms with Crippen LogP contribution in [0.25, 0.3) is 22.5 Å². The van der Waals surface area contributed by atoms with Crippen LogP contribution in [0.15, 0.2) is 65.3 Å². The molecule has 2 aromatic carbocycles. The molecule has 0 saturated heterocycles. The number of hydrogen-bond donors (Lipinski definition) is 1. The second kappa shape index (κ2) is 8.18. The van der Waals surface area contributed by atoms with Gasteiger partial charge in [0.2, 0.25) is 0 Å². The fraction of sp³-hybridized carbons (Fsp3) is 0.208. The Labute approximate surface area is 178 Å². The Morgan fingerprint density at radius 3 is 2.74 bits per heavy atom. The minimum Gasteiger partial charge on any atom is -0.459 e. The number of benzene rings is 2. The lowest BCUT2D eigenvalue weighted by Crippen LogP contribution is -2.13. The van der Waals surface area contributed by atoms with Gasteiger partial charge in [-0.05, 0) is 42.7 Å². The molecule has 0 spiro atoms. The van der Waals surface area contributed by atoms with Crippen LogP contribution in [0.1, 0.15) is 35.6 Å². The summed E-state index contributed by atoms with van der Waals surface area (Å²) in [4.78, 5) is 12.9. The number of aryl methyl sites for hydroxylation is 1. The Bertz CT molecular complexity index is 1230. The summed E-state index contributed by atoms with van der Waals surface area (Å²) < 4.78 is 22.1. The van der Waals surface area contributed by atoms with E-state index in [4.69, 9.17) is 4.42 Å². The quantitative estimate of drug-likeness (QED) is 0.488. The second-order valence-corrected chi connectivity index (χ2v) is 7.58. The van der Waals surface area contributed by atoms with Gasteiger partial charge in [-0.3, -0.25) is 4.79 Å². The van der Waals surface area contributed by atoms with Crippen molar-refractivity contribution in [2.75, 3.05) is 5.32 Å². The number of halogens is 1. The first-order valence-corrected chi connectivity index (χ1v) is 10.4. The van der Waals surface area contributed by atoms with Crippen molar-refractivity contribution in [1.82, 2.24) is 14.8 Å². The number of nitrogens with zero attached hydrogens (tertiary/aromatic N) is 3. The van der Waals surface area contributed by atoms with Gasteiger partial charge < -0.3 is 14.3 Å². The van der Waals surface area contributed by atoms with Gasteiger partial charge in [0, 0.05) is 24.1 Å². The minimum atomic E-state index is -0.527. The number of anilines is 1. The molecule has 31 heavy (non-hydrogen) atoms. The van der Waals surface area contributed by atoms with Gasteiger partial charge in [0.25, 0.3) is 5.91 Å². The first-order valence-electron chi connectivity index (χ1n) is 10.4. The van der Waals surface area contributed by atoms with Crippen LogP contribution in [0.2, 0.25) is 0 Å². The third kappa shape index (κ3) is 3.74. The van der Waals surface area contributed by atoms with E-state index in [1.54, 1.807) is 18.2 Å². The van der Waals surface area contributed by atoms with Gasteiger partial charge in [0.1, 0.15) is 11.6 Å². The molecule has 0 aliphatic carbocycles. The highest BCUT2D eigenvalue weighted by atomic mass is 19.1. The third-order valence-electron chi connectivity index (χ3n) is 5.54. The lowest BCUT2D eigenvalue weighted by Gasteiger charge is -2.10. The summed E-state index contributed by atoms with van der Waals surface area (Å²) in [5.74, 6) is 0.730. The molecule has 0 radical (unpaired) electrons. The number of aromatic nitrogens is 3. The van der Waals surface area contributed by atoms with Crippen LogP contribution < -0.4 is 5.32 Å². The summed E-state index contributed by atoms with van der Waals surface area (Å²) in [6.07, 6.45) is 5.65. The summed E-state index contributed by atoms with van der Waals surface area (Å²) in [5.41, 5.74) is 2.28. The molecule has 1 aliphatic heterocycles. The maximum Gasteiger partial charge on any atom is 0.292 e. The fourth-order valence-electron chi connectivity index (χ4n) is 3.97. The predicted octanol–water partition coefficient (Wildman–Crippen LogP) is 5.32. The normalized spacial score (nSPS) is 13.5. The molecule has 2 aromatic heterocycles. The van der Waals surface area contributed by atoms with E-state index in [2.05, 4.69) is 20.1 Å². The number of fused-ring (bicyclic) bond motifs is 1. The van der Waals surface area contributed by atoms with Crippen molar-refractivity contribution in [2.24, 2.45) is 0 Å². The van der Waals surface area contributed by atoms with Crippen LogP contribution in [0.5, 0.6) is 0 Å². The number of carbonyl (C=O) groups is 1. The molecule has 3 heterocycles. The van der Waals surface area contributed by atoms with Crippen LogP contribution in [0.3, 0.4) is 0 Å². The van der Waals surface area contributed by atoms with E-state index in [0.29, 0.717) is 17.0 Å². The molecule has 0 unspecified atom stereocenters. The summed E-state index contributed by atoms with van der Waals surface area (Å²) >= 11 is 0. The van der Waals surface area contributed by atoms with Crippen LogP contribution in [-0.4, -0.2) is 20.7 Å². The standard InChI is InChI=1S/C24H21FN4O2/c25-19-11-10-17(23-28-27-21-9-5-2-6-13-29(21)23)15-20(19)26-24(30)22-18(12-14-31-22)16-7-3-1-4-8-16/h1,3-4,7-8,10-12,14-15H,2,5-6,9,13H2,(H,26,30). The first kappa shape index (κ1) is 19.2. The molecule has 0 fully saturated rings. The van der Waals surface area contributed by atoms with E-state index in [-0.39, 0.29) is 11.4 Å². The molecular weight excluding hydrogens is 395 g/mol. The van der Waals surface area contributed by atoms with Gasteiger partial charge in [-0.1, -0.05) is 36.8 Å². The van der Waals surface area contributed by atoms with Crippen molar-refractivity contribution in [3.63, 3.8) is 0 Å². The summed E-state index contributed by atoms with van der Waals surface area (Å²) in [7, 11) is 0. The Balaban J connectivity index is 1.45. The van der Waals surface area contributed by atoms with E-state index in [0.717, 1.165) is 43.6 Å². The monoisotopic (exact) mass is 416 g/mol. The highest BCUT2D eigenvalue weighted by Gasteiger charge is 2.20. The van der Waals surface area contributed by atoms with Crippen LogP contribution >= 0.6 is 0 Å². The van der Waals surface area contributed by atoms with Gasteiger partial charge in [0.15, 0.2) is 11.6 Å². The molecule has 156 valence electrons.